The first kappa shape index (κ1) is 12.3. The zero-order chi connectivity index (χ0) is 12.3. The fraction of sp³-hybridized carbons (Fsp3) is 0.143. The van der Waals surface area contributed by atoms with Crippen LogP contribution in [-0.2, 0) is 6.42 Å². The Kier molecular flexibility index (Phi) is 3.92. The minimum atomic E-state index is -0.808. The molecule has 0 heterocycles. The van der Waals surface area contributed by atoms with E-state index in [2.05, 4.69) is 15.9 Å². The average Bonchev–Trinajstić information content (AvgIpc) is 2.32. The Bertz CT molecular complexity index is 496. The summed E-state index contributed by atoms with van der Waals surface area (Å²) in [6.07, 6.45) is -0.397. The third-order valence-corrected chi connectivity index (χ3v) is 3.14. The van der Waals surface area contributed by atoms with Gasteiger partial charge in [0.25, 0.3) is 0 Å². The summed E-state index contributed by atoms with van der Waals surface area (Å²) in [5, 5.41) is 9.97. The number of hydrogen-bond donors (Lipinski definition) is 1. The van der Waals surface area contributed by atoms with Gasteiger partial charge in [-0.15, -0.1) is 0 Å². The van der Waals surface area contributed by atoms with Crippen molar-refractivity contribution in [3.8, 4) is 0 Å². The number of aliphatic hydroxyl groups excluding tert-OH is 1. The second kappa shape index (κ2) is 5.43. The lowest BCUT2D eigenvalue weighted by atomic mass is 10.0. The topological polar surface area (TPSA) is 20.2 Å². The smallest absolute Gasteiger partial charge is 0.129 e. The van der Waals surface area contributed by atoms with Gasteiger partial charge in [0, 0.05) is 16.5 Å². The highest BCUT2D eigenvalue weighted by Crippen LogP contribution is 2.21. The van der Waals surface area contributed by atoms with E-state index in [4.69, 9.17) is 0 Å². The molecule has 0 amide bonds. The van der Waals surface area contributed by atoms with Crippen LogP contribution in [0, 0.1) is 5.82 Å². The molecule has 0 radical (unpaired) electrons. The Labute approximate surface area is 108 Å². The van der Waals surface area contributed by atoms with Crippen LogP contribution in [0.1, 0.15) is 17.2 Å². The molecule has 2 aromatic rings. The minimum Gasteiger partial charge on any atom is -0.388 e. The maximum Gasteiger partial charge on any atom is 0.129 e. The largest absolute Gasteiger partial charge is 0.388 e. The SMILES string of the molecule is OC(Cc1ccc(Br)cc1)c1ccccc1F. The van der Waals surface area contributed by atoms with Crippen LogP contribution in [0.3, 0.4) is 0 Å². The van der Waals surface area contributed by atoms with E-state index in [1.165, 1.54) is 6.07 Å². The molecule has 0 fully saturated rings. The molecule has 88 valence electrons. The van der Waals surface area contributed by atoms with Crippen LogP contribution in [-0.4, -0.2) is 5.11 Å². The van der Waals surface area contributed by atoms with Gasteiger partial charge in [-0.05, 0) is 23.8 Å². The van der Waals surface area contributed by atoms with E-state index in [-0.39, 0.29) is 5.82 Å². The standard InChI is InChI=1S/C14H12BrFO/c15-11-7-5-10(6-8-11)9-14(17)12-3-1-2-4-13(12)16/h1-8,14,17H,9H2. The summed E-state index contributed by atoms with van der Waals surface area (Å²) < 4.78 is 14.4. The van der Waals surface area contributed by atoms with Crippen molar-refractivity contribution in [3.63, 3.8) is 0 Å². The molecular formula is C14H12BrFO. The molecule has 2 rings (SSSR count). The van der Waals surface area contributed by atoms with Gasteiger partial charge in [0.05, 0.1) is 6.10 Å². The second-order valence-electron chi connectivity index (χ2n) is 3.87. The molecular weight excluding hydrogens is 283 g/mol. The molecule has 1 atom stereocenters. The van der Waals surface area contributed by atoms with Crippen molar-refractivity contribution in [2.75, 3.05) is 0 Å². The van der Waals surface area contributed by atoms with Crippen LogP contribution < -0.4 is 0 Å². The van der Waals surface area contributed by atoms with E-state index in [9.17, 15) is 9.50 Å². The molecule has 0 aliphatic carbocycles. The number of hydrogen-bond acceptors (Lipinski definition) is 1. The fourth-order valence-electron chi connectivity index (χ4n) is 1.70. The van der Waals surface area contributed by atoms with Crippen LogP contribution in [0.5, 0.6) is 0 Å². The molecule has 3 heteroatoms. The van der Waals surface area contributed by atoms with Crippen LogP contribution >= 0.6 is 15.9 Å². The third kappa shape index (κ3) is 3.14. The van der Waals surface area contributed by atoms with Gasteiger partial charge in [0.15, 0.2) is 0 Å². The number of halogens is 2. The van der Waals surface area contributed by atoms with Crippen molar-refractivity contribution in [2.24, 2.45) is 0 Å². The predicted octanol–water partition coefficient (Wildman–Crippen LogP) is 3.86. The summed E-state index contributed by atoms with van der Waals surface area (Å²) in [5.74, 6) is -0.364. The molecule has 0 aliphatic rings. The van der Waals surface area contributed by atoms with E-state index in [1.54, 1.807) is 18.2 Å². The molecule has 0 spiro atoms. The fourth-order valence-corrected chi connectivity index (χ4v) is 1.96. The molecule has 1 N–H and O–H groups in total. The van der Waals surface area contributed by atoms with Crippen molar-refractivity contribution in [1.29, 1.82) is 0 Å². The summed E-state index contributed by atoms with van der Waals surface area (Å²) in [5.41, 5.74) is 1.32. The first-order valence-electron chi connectivity index (χ1n) is 5.34. The Morgan fingerprint density at radius 2 is 1.71 bits per heavy atom. The molecule has 0 saturated heterocycles. The Hall–Kier alpha value is -1.19. The summed E-state index contributed by atoms with van der Waals surface area (Å²) in [7, 11) is 0. The quantitative estimate of drug-likeness (QED) is 0.911. The van der Waals surface area contributed by atoms with Crippen molar-refractivity contribution in [2.45, 2.75) is 12.5 Å². The molecule has 1 unspecified atom stereocenters. The van der Waals surface area contributed by atoms with Gasteiger partial charge in [-0.1, -0.05) is 46.3 Å². The van der Waals surface area contributed by atoms with Gasteiger partial charge in [-0.3, -0.25) is 0 Å². The van der Waals surface area contributed by atoms with Crippen molar-refractivity contribution in [1.82, 2.24) is 0 Å². The van der Waals surface area contributed by atoms with E-state index in [1.807, 2.05) is 24.3 Å². The van der Waals surface area contributed by atoms with Gasteiger partial charge >= 0.3 is 0 Å². The minimum absolute atomic E-state index is 0.343. The molecule has 0 aliphatic heterocycles. The number of aliphatic hydroxyl groups is 1. The second-order valence-corrected chi connectivity index (χ2v) is 4.78. The highest BCUT2D eigenvalue weighted by atomic mass is 79.9. The predicted molar refractivity (Wildman–Crippen MR) is 69.2 cm³/mol. The third-order valence-electron chi connectivity index (χ3n) is 2.61. The van der Waals surface area contributed by atoms with Gasteiger partial charge in [-0.25, -0.2) is 4.39 Å². The maximum absolute atomic E-state index is 13.4. The first-order chi connectivity index (χ1) is 8.16. The molecule has 2 aromatic carbocycles. The molecule has 17 heavy (non-hydrogen) atoms. The lowest BCUT2D eigenvalue weighted by Crippen LogP contribution is -2.04. The normalized spacial score (nSPS) is 12.4. The molecule has 0 bridgehead atoms. The van der Waals surface area contributed by atoms with Crippen LogP contribution in [0.4, 0.5) is 4.39 Å². The highest BCUT2D eigenvalue weighted by molar-refractivity contribution is 9.10. The van der Waals surface area contributed by atoms with Crippen LogP contribution in [0.2, 0.25) is 0 Å². The highest BCUT2D eigenvalue weighted by Gasteiger charge is 2.12. The molecule has 1 nitrogen and oxygen atoms in total. The first-order valence-corrected chi connectivity index (χ1v) is 6.13. The van der Waals surface area contributed by atoms with Gasteiger partial charge in [-0.2, -0.15) is 0 Å². The van der Waals surface area contributed by atoms with E-state index in [0.29, 0.717) is 12.0 Å². The summed E-state index contributed by atoms with van der Waals surface area (Å²) in [6, 6.07) is 13.9. The zero-order valence-electron chi connectivity index (χ0n) is 9.11. The average molecular weight is 295 g/mol. The van der Waals surface area contributed by atoms with E-state index in [0.717, 1.165) is 10.0 Å². The molecule has 0 saturated carbocycles. The summed E-state index contributed by atoms with van der Waals surface area (Å²) in [4.78, 5) is 0. The summed E-state index contributed by atoms with van der Waals surface area (Å²) in [6.45, 7) is 0. The lowest BCUT2D eigenvalue weighted by molar-refractivity contribution is 0.173. The number of benzene rings is 2. The summed E-state index contributed by atoms with van der Waals surface area (Å²) >= 11 is 3.35. The van der Waals surface area contributed by atoms with Crippen molar-refractivity contribution < 1.29 is 9.50 Å². The van der Waals surface area contributed by atoms with Crippen molar-refractivity contribution >= 4 is 15.9 Å². The van der Waals surface area contributed by atoms with E-state index < -0.39 is 6.10 Å². The van der Waals surface area contributed by atoms with E-state index >= 15 is 0 Å². The van der Waals surface area contributed by atoms with Gasteiger partial charge < -0.3 is 5.11 Å². The maximum atomic E-state index is 13.4. The zero-order valence-corrected chi connectivity index (χ0v) is 10.7. The monoisotopic (exact) mass is 294 g/mol. The lowest BCUT2D eigenvalue weighted by Gasteiger charge is -2.11. The van der Waals surface area contributed by atoms with Crippen LogP contribution in [0.15, 0.2) is 53.0 Å². The Morgan fingerprint density at radius 1 is 1.06 bits per heavy atom. The Morgan fingerprint density at radius 3 is 2.35 bits per heavy atom. The van der Waals surface area contributed by atoms with Crippen molar-refractivity contribution in [3.05, 3.63) is 69.9 Å². The van der Waals surface area contributed by atoms with Crippen LogP contribution in [0.25, 0.3) is 0 Å². The van der Waals surface area contributed by atoms with Gasteiger partial charge in [0.1, 0.15) is 5.82 Å². The molecule has 0 aromatic heterocycles. The number of rotatable bonds is 3. The Balaban J connectivity index is 2.14. The van der Waals surface area contributed by atoms with Gasteiger partial charge in [0.2, 0.25) is 0 Å².